The summed E-state index contributed by atoms with van der Waals surface area (Å²) in [6.07, 6.45) is 1.09. The molecule has 2 aliphatic rings. The first-order valence-corrected chi connectivity index (χ1v) is 5.36. The van der Waals surface area contributed by atoms with Crippen molar-refractivity contribution >= 4 is 5.97 Å². The van der Waals surface area contributed by atoms with Crippen molar-refractivity contribution in [2.24, 2.45) is 0 Å². The Labute approximate surface area is 93.5 Å². The highest BCUT2D eigenvalue weighted by molar-refractivity contribution is 5.90. The third kappa shape index (κ3) is 1.16. The Balaban J connectivity index is 1.99. The van der Waals surface area contributed by atoms with Gasteiger partial charge < -0.3 is 14.8 Å². The maximum atomic E-state index is 11.4. The Hall–Kier alpha value is -1.55. The summed E-state index contributed by atoms with van der Waals surface area (Å²) in [6, 6.07) is 5.51. The molecule has 1 aromatic carbocycles. The lowest BCUT2D eigenvalue weighted by Gasteiger charge is -2.38. The summed E-state index contributed by atoms with van der Waals surface area (Å²) >= 11 is 0. The minimum absolute atomic E-state index is 0.00395. The molecule has 4 nitrogen and oxygen atoms in total. The van der Waals surface area contributed by atoms with Crippen molar-refractivity contribution in [2.75, 3.05) is 20.3 Å². The van der Waals surface area contributed by atoms with Gasteiger partial charge in [-0.1, -0.05) is 6.07 Å². The molecule has 0 aromatic heterocycles. The fourth-order valence-corrected chi connectivity index (χ4v) is 2.34. The van der Waals surface area contributed by atoms with Crippen LogP contribution in [0.4, 0.5) is 0 Å². The zero-order chi connectivity index (χ0) is 11.2. The van der Waals surface area contributed by atoms with E-state index in [0.717, 1.165) is 24.3 Å². The van der Waals surface area contributed by atoms with Gasteiger partial charge in [0.05, 0.1) is 18.2 Å². The van der Waals surface area contributed by atoms with E-state index in [1.807, 2.05) is 6.07 Å². The summed E-state index contributed by atoms with van der Waals surface area (Å²) in [7, 11) is 1.38. The predicted molar refractivity (Wildman–Crippen MR) is 57.6 cm³/mol. The lowest BCUT2D eigenvalue weighted by molar-refractivity contribution is 0.0600. The van der Waals surface area contributed by atoms with Gasteiger partial charge in [0.2, 0.25) is 0 Å². The van der Waals surface area contributed by atoms with Crippen LogP contribution >= 0.6 is 0 Å². The van der Waals surface area contributed by atoms with Crippen LogP contribution in [0.2, 0.25) is 0 Å². The molecular weight excluding hydrogens is 206 g/mol. The first-order valence-electron chi connectivity index (χ1n) is 5.36. The summed E-state index contributed by atoms with van der Waals surface area (Å²) in [5, 5.41) is 3.40. The third-order valence-electron chi connectivity index (χ3n) is 3.41. The monoisotopic (exact) mass is 219 g/mol. The second-order valence-corrected chi connectivity index (χ2v) is 4.25. The van der Waals surface area contributed by atoms with Gasteiger partial charge in [0.25, 0.3) is 0 Å². The minimum atomic E-state index is -0.325. The van der Waals surface area contributed by atoms with Gasteiger partial charge in [0, 0.05) is 5.56 Å². The largest absolute Gasteiger partial charge is 0.491 e. The minimum Gasteiger partial charge on any atom is -0.491 e. The SMILES string of the molecule is COC(=O)c1ccc2c(c1)OC[C@]21CCN1. The van der Waals surface area contributed by atoms with Crippen molar-refractivity contribution < 1.29 is 14.3 Å². The normalized spacial score (nSPS) is 25.8. The molecule has 1 aromatic rings. The molecule has 1 spiro atoms. The molecule has 2 heterocycles. The van der Waals surface area contributed by atoms with Gasteiger partial charge in [0.15, 0.2) is 0 Å². The van der Waals surface area contributed by atoms with Crippen LogP contribution < -0.4 is 10.1 Å². The maximum absolute atomic E-state index is 11.4. The lowest BCUT2D eigenvalue weighted by atomic mass is 9.82. The Kier molecular flexibility index (Phi) is 1.94. The van der Waals surface area contributed by atoms with Crippen LogP contribution in [0.5, 0.6) is 5.75 Å². The third-order valence-corrected chi connectivity index (χ3v) is 3.41. The zero-order valence-electron chi connectivity index (χ0n) is 9.08. The quantitative estimate of drug-likeness (QED) is 0.717. The standard InChI is InChI=1S/C12H13NO3/c1-15-11(14)8-2-3-9-10(6-8)16-7-12(9)4-5-13-12/h2-3,6,13H,4-5,7H2,1H3/t12-/m1/s1. The van der Waals surface area contributed by atoms with Crippen molar-refractivity contribution in [3.63, 3.8) is 0 Å². The second kappa shape index (κ2) is 3.22. The Bertz CT molecular complexity index is 452. The molecule has 0 radical (unpaired) electrons. The van der Waals surface area contributed by atoms with Crippen molar-refractivity contribution in [3.8, 4) is 5.75 Å². The number of benzene rings is 1. The number of methoxy groups -OCH3 is 1. The molecule has 0 unspecified atom stereocenters. The molecule has 0 saturated carbocycles. The van der Waals surface area contributed by atoms with E-state index in [0.29, 0.717) is 12.2 Å². The van der Waals surface area contributed by atoms with Crippen LogP contribution in [0.1, 0.15) is 22.3 Å². The summed E-state index contributed by atoms with van der Waals surface area (Å²) in [5.41, 5.74) is 1.70. The van der Waals surface area contributed by atoms with Crippen molar-refractivity contribution in [3.05, 3.63) is 29.3 Å². The number of hydrogen-bond acceptors (Lipinski definition) is 4. The number of ether oxygens (including phenoxy) is 2. The van der Waals surface area contributed by atoms with E-state index >= 15 is 0 Å². The number of rotatable bonds is 1. The smallest absolute Gasteiger partial charge is 0.337 e. The van der Waals surface area contributed by atoms with Crippen LogP contribution in [0, 0.1) is 0 Å². The molecule has 3 rings (SSSR count). The number of esters is 1. The molecular formula is C12H13NO3. The van der Waals surface area contributed by atoms with Crippen molar-refractivity contribution in [1.29, 1.82) is 0 Å². The van der Waals surface area contributed by atoms with Gasteiger partial charge in [-0.15, -0.1) is 0 Å². The average Bonchev–Trinajstić information content (AvgIpc) is 2.66. The van der Waals surface area contributed by atoms with Crippen molar-refractivity contribution in [2.45, 2.75) is 12.0 Å². The Morgan fingerprint density at radius 3 is 3.00 bits per heavy atom. The molecule has 0 amide bonds. The van der Waals surface area contributed by atoms with Crippen LogP contribution in [0.3, 0.4) is 0 Å². The molecule has 0 aliphatic carbocycles. The maximum Gasteiger partial charge on any atom is 0.337 e. The number of carbonyl (C=O) groups excluding carboxylic acids is 1. The van der Waals surface area contributed by atoms with E-state index in [-0.39, 0.29) is 11.5 Å². The van der Waals surface area contributed by atoms with Crippen LogP contribution in [-0.4, -0.2) is 26.2 Å². The van der Waals surface area contributed by atoms with Crippen LogP contribution in [0.15, 0.2) is 18.2 Å². The van der Waals surface area contributed by atoms with Gasteiger partial charge in [0.1, 0.15) is 12.4 Å². The second-order valence-electron chi connectivity index (χ2n) is 4.25. The van der Waals surface area contributed by atoms with E-state index < -0.39 is 0 Å². The van der Waals surface area contributed by atoms with Gasteiger partial charge in [-0.3, -0.25) is 0 Å². The van der Waals surface area contributed by atoms with E-state index in [4.69, 9.17) is 4.74 Å². The van der Waals surface area contributed by atoms with Crippen molar-refractivity contribution in [1.82, 2.24) is 5.32 Å². The molecule has 1 fully saturated rings. The lowest BCUT2D eigenvalue weighted by Crippen LogP contribution is -2.55. The molecule has 1 saturated heterocycles. The number of nitrogens with one attached hydrogen (secondary N) is 1. The van der Waals surface area contributed by atoms with Crippen LogP contribution in [0.25, 0.3) is 0 Å². The molecule has 1 N–H and O–H groups in total. The molecule has 16 heavy (non-hydrogen) atoms. The predicted octanol–water partition coefficient (Wildman–Crippen LogP) is 1.05. The van der Waals surface area contributed by atoms with E-state index in [2.05, 4.69) is 10.1 Å². The first-order chi connectivity index (χ1) is 7.75. The molecule has 84 valence electrons. The van der Waals surface area contributed by atoms with Gasteiger partial charge in [-0.2, -0.15) is 0 Å². The summed E-state index contributed by atoms with van der Waals surface area (Å²) < 4.78 is 10.3. The highest BCUT2D eigenvalue weighted by atomic mass is 16.5. The van der Waals surface area contributed by atoms with E-state index in [1.54, 1.807) is 12.1 Å². The summed E-state index contributed by atoms with van der Waals surface area (Å²) in [4.78, 5) is 11.4. The Morgan fingerprint density at radius 1 is 1.56 bits per heavy atom. The number of fused-ring (bicyclic) bond motifs is 2. The van der Waals surface area contributed by atoms with Gasteiger partial charge in [-0.25, -0.2) is 4.79 Å². The first kappa shape index (κ1) is 9.66. The highest BCUT2D eigenvalue weighted by Crippen LogP contribution is 2.43. The fraction of sp³-hybridized carbons (Fsp3) is 0.417. The molecule has 1 atom stereocenters. The number of hydrogen-bond donors (Lipinski definition) is 1. The Morgan fingerprint density at radius 2 is 2.38 bits per heavy atom. The van der Waals surface area contributed by atoms with Gasteiger partial charge in [-0.05, 0) is 25.1 Å². The molecule has 4 heteroatoms. The summed E-state index contributed by atoms with van der Waals surface area (Å²) in [5.74, 6) is 0.476. The van der Waals surface area contributed by atoms with Crippen LogP contribution in [-0.2, 0) is 10.3 Å². The topological polar surface area (TPSA) is 47.6 Å². The van der Waals surface area contributed by atoms with E-state index in [1.165, 1.54) is 7.11 Å². The summed E-state index contributed by atoms with van der Waals surface area (Å²) in [6.45, 7) is 1.69. The zero-order valence-corrected chi connectivity index (χ0v) is 9.08. The van der Waals surface area contributed by atoms with Gasteiger partial charge >= 0.3 is 5.97 Å². The average molecular weight is 219 g/mol. The number of carbonyl (C=O) groups is 1. The molecule has 0 bridgehead atoms. The fourth-order valence-electron chi connectivity index (χ4n) is 2.34. The highest BCUT2D eigenvalue weighted by Gasteiger charge is 2.45. The van der Waals surface area contributed by atoms with E-state index in [9.17, 15) is 4.79 Å². The molecule has 2 aliphatic heterocycles.